The number of alkyl halides is 3. The topological polar surface area (TPSA) is 77.1 Å². The second-order valence-electron chi connectivity index (χ2n) is 5.74. The third-order valence-electron chi connectivity index (χ3n) is 3.94. The zero-order chi connectivity index (χ0) is 19.2. The van der Waals surface area contributed by atoms with Gasteiger partial charge in [0.25, 0.3) is 5.91 Å². The molecule has 11 heteroatoms. The van der Waals surface area contributed by atoms with Gasteiger partial charge < -0.3 is 5.32 Å². The standard InChI is InChI=1S/C15H14BrF3N6O/c1-7-4-10(15(17,18)19)25-13(22-7)11(16)12(23-25)14(26)20-5-9-6-21-24(3)8(9)2/h4,6H,5H2,1-3H3,(H,20,26). The van der Waals surface area contributed by atoms with Crippen LogP contribution >= 0.6 is 15.9 Å². The van der Waals surface area contributed by atoms with Gasteiger partial charge >= 0.3 is 6.18 Å². The highest BCUT2D eigenvalue weighted by Crippen LogP contribution is 2.32. The summed E-state index contributed by atoms with van der Waals surface area (Å²) in [6.45, 7) is 3.47. The first-order valence-corrected chi connectivity index (χ1v) is 8.27. The summed E-state index contributed by atoms with van der Waals surface area (Å²) in [6.07, 6.45) is -3.01. The molecule has 0 fully saturated rings. The second kappa shape index (κ2) is 6.38. The summed E-state index contributed by atoms with van der Waals surface area (Å²) in [6, 6.07) is 0.882. The summed E-state index contributed by atoms with van der Waals surface area (Å²) in [5.74, 6) is -0.614. The third-order valence-corrected chi connectivity index (χ3v) is 4.67. The minimum Gasteiger partial charge on any atom is -0.346 e. The number of hydrogen-bond donors (Lipinski definition) is 1. The van der Waals surface area contributed by atoms with Gasteiger partial charge in [-0.25, -0.2) is 9.50 Å². The van der Waals surface area contributed by atoms with Crippen molar-refractivity contribution in [3.63, 3.8) is 0 Å². The molecule has 7 nitrogen and oxygen atoms in total. The molecule has 0 aliphatic heterocycles. The maximum Gasteiger partial charge on any atom is 0.433 e. The molecule has 138 valence electrons. The number of fused-ring (bicyclic) bond motifs is 1. The lowest BCUT2D eigenvalue weighted by Crippen LogP contribution is -2.24. The predicted molar refractivity (Wildman–Crippen MR) is 89.5 cm³/mol. The van der Waals surface area contributed by atoms with Gasteiger partial charge in [0, 0.05) is 30.5 Å². The molecule has 0 aliphatic carbocycles. The van der Waals surface area contributed by atoms with Crippen molar-refractivity contribution in [3.8, 4) is 0 Å². The van der Waals surface area contributed by atoms with Crippen LogP contribution in [-0.2, 0) is 19.8 Å². The SMILES string of the molecule is Cc1cc(C(F)(F)F)n2nc(C(=O)NCc3cnn(C)c3C)c(Br)c2n1. The van der Waals surface area contributed by atoms with E-state index < -0.39 is 17.8 Å². The Balaban J connectivity index is 1.96. The fourth-order valence-electron chi connectivity index (χ4n) is 2.44. The second-order valence-corrected chi connectivity index (χ2v) is 6.53. The number of aryl methyl sites for hydroxylation is 2. The van der Waals surface area contributed by atoms with E-state index >= 15 is 0 Å². The third kappa shape index (κ3) is 3.18. The van der Waals surface area contributed by atoms with Gasteiger partial charge in [-0.15, -0.1) is 0 Å². The number of aromatic nitrogens is 5. The Morgan fingerprint density at radius 3 is 2.62 bits per heavy atom. The lowest BCUT2D eigenvalue weighted by Gasteiger charge is -2.09. The summed E-state index contributed by atoms with van der Waals surface area (Å²) in [4.78, 5) is 16.5. The Bertz CT molecular complexity index is 1010. The lowest BCUT2D eigenvalue weighted by atomic mass is 10.2. The van der Waals surface area contributed by atoms with Crippen LogP contribution < -0.4 is 5.32 Å². The van der Waals surface area contributed by atoms with E-state index in [0.717, 1.165) is 17.3 Å². The van der Waals surface area contributed by atoms with Gasteiger partial charge in [-0.05, 0) is 35.8 Å². The monoisotopic (exact) mass is 430 g/mol. The van der Waals surface area contributed by atoms with Crippen molar-refractivity contribution in [2.45, 2.75) is 26.6 Å². The molecule has 0 aliphatic rings. The molecule has 1 N–H and O–H groups in total. The average molecular weight is 431 g/mol. The molecule has 0 radical (unpaired) electrons. The van der Waals surface area contributed by atoms with E-state index in [2.05, 4.69) is 36.4 Å². The lowest BCUT2D eigenvalue weighted by molar-refractivity contribution is -0.142. The minimum absolute atomic E-state index is 0.0694. The first-order valence-electron chi connectivity index (χ1n) is 7.48. The molecule has 0 saturated carbocycles. The van der Waals surface area contributed by atoms with Gasteiger partial charge in [-0.3, -0.25) is 9.48 Å². The molecule has 3 heterocycles. The van der Waals surface area contributed by atoms with Crippen LogP contribution in [0.15, 0.2) is 16.7 Å². The summed E-state index contributed by atoms with van der Waals surface area (Å²) < 4.78 is 42.1. The molecule has 0 bridgehead atoms. The van der Waals surface area contributed by atoms with E-state index in [9.17, 15) is 18.0 Å². The first-order chi connectivity index (χ1) is 12.1. The summed E-state index contributed by atoms with van der Waals surface area (Å²) >= 11 is 3.14. The molecular formula is C15H14BrF3N6O. The Morgan fingerprint density at radius 2 is 2.04 bits per heavy atom. The van der Waals surface area contributed by atoms with Gasteiger partial charge in [0.1, 0.15) is 5.69 Å². The average Bonchev–Trinajstić information content (AvgIpc) is 3.05. The van der Waals surface area contributed by atoms with Crippen molar-refractivity contribution in [3.05, 3.63) is 45.1 Å². The van der Waals surface area contributed by atoms with Crippen LogP contribution in [0.5, 0.6) is 0 Å². The van der Waals surface area contributed by atoms with Crippen LogP contribution in [-0.4, -0.2) is 30.3 Å². The van der Waals surface area contributed by atoms with Gasteiger partial charge in [0.05, 0.1) is 10.7 Å². The molecule has 3 rings (SSSR count). The number of amides is 1. The fourth-order valence-corrected chi connectivity index (χ4v) is 2.95. The molecule has 3 aromatic heterocycles. The summed E-state index contributed by atoms with van der Waals surface area (Å²) in [5.41, 5.74) is 0.600. The fraction of sp³-hybridized carbons (Fsp3) is 0.333. The van der Waals surface area contributed by atoms with Crippen LogP contribution in [0.25, 0.3) is 5.65 Å². The molecule has 0 spiro atoms. The van der Waals surface area contributed by atoms with Crippen molar-refractivity contribution in [1.82, 2.24) is 29.7 Å². The quantitative estimate of drug-likeness (QED) is 0.692. The Labute approximate surface area is 154 Å². The highest BCUT2D eigenvalue weighted by atomic mass is 79.9. The smallest absolute Gasteiger partial charge is 0.346 e. The zero-order valence-electron chi connectivity index (χ0n) is 14.0. The maximum atomic E-state index is 13.2. The van der Waals surface area contributed by atoms with E-state index in [1.165, 1.54) is 6.92 Å². The van der Waals surface area contributed by atoms with Crippen molar-refractivity contribution in [2.24, 2.45) is 7.05 Å². The molecule has 1 amide bonds. The van der Waals surface area contributed by atoms with Gasteiger partial charge in [0.15, 0.2) is 11.3 Å². The Hall–Kier alpha value is -2.43. The van der Waals surface area contributed by atoms with Crippen molar-refractivity contribution in [2.75, 3.05) is 0 Å². The maximum absolute atomic E-state index is 13.2. The number of nitrogens with one attached hydrogen (secondary N) is 1. The minimum atomic E-state index is -4.63. The summed E-state index contributed by atoms with van der Waals surface area (Å²) in [5, 5.41) is 10.5. The largest absolute Gasteiger partial charge is 0.433 e. The van der Waals surface area contributed by atoms with Crippen molar-refractivity contribution in [1.29, 1.82) is 0 Å². The van der Waals surface area contributed by atoms with Gasteiger partial charge in [-0.2, -0.15) is 23.4 Å². The number of carbonyl (C=O) groups is 1. The molecular weight excluding hydrogens is 417 g/mol. The first kappa shape index (κ1) is 18.4. The Kier molecular flexibility index (Phi) is 4.51. The molecule has 0 aromatic carbocycles. The Morgan fingerprint density at radius 1 is 1.35 bits per heavy atom. The predicted octanol–water partition coefficient (Wildman–Crippen LogP) is 2.79. The van der Waals surface area contributed by atoms with Gasteiger partial charge in [0.2, 0.25) is 0 Å². The van der Waals surface area contributed by atoms with Crippen molar-refractivity contribution >= 4 is 27.5 Å². The molecule has 0 saturated heterocycles. The van der Waals surface area contributed by atoms with E-state index in [-0.39, 0.29) is 28.1 Å². The molecule has 0 unspecified atom stereocenters. The molecule has 26 heavy (non-hydrogen) atoms. The number of hydrogen-bond acceptors (Lipinski definition) is 4. The van der Waals surface area contributed by atoms with Crippen LogP contribution in [0.1, 0.15) is 33.1 Å². The van der Waals surface area contributed by atoms with Crippen LogP contribution in [0.3, 0.4) is 0 Å². The van der Waals surface area contributed by atoms with E-state index in [4.69, 9.17) is 0 Å². The number of carbonyl (C=O) groups excluding carboxylic acids is 1. The molecule has 0 atom stereocenters. The van der Waals surface area contributed by atoms with E-state index in [1.807, 2.05) is 6.92 Å². The molecule has 3 aromatic rings. The van der Waals surface area contributed by atoms with E-state index in [0.29, 0.717) is 4.52 Å². The number of nitrogens with zero attached hydrogens (tertiary/aromatic N) is 5. The van der Waals surface area contributed by atoms with Gasteiger partial charge in [-0.1, -0.05) is 0 Å². The highest BCUT2D eigenvalue weighted by Gasteiger charge is 2.36. The van der Waals surface area contributed by atoms with Crippen LogP contribution in [0.4, 0.5) is 13.2 Å². The summed E-state index contributed by atoms with van der Waals surface area (Å²) in [7, 11) is 1.77. The highest BCUT2D eigenvalue weighted by molar-refractivity contribution is 9.10. The normalized spacial score (nSPS) is 12.0. The van der Waals surface area contributed by atoms with Crippen LogP contribution in [0.2, 0.25) is 0 Å². The number of halogens is 4. The zero-order valence-corrected chi connectivity index (χ0v) is 15.6. The van der Waals surface area contributed by atoms with Crippen molar-refractivity contribution < 1.29 is 18.0 Å². The van der Waals surface area contributed by atoms with E-state index in [1.54, 1.807) is 17.9 Å². The number of rotatable bonds is 3. The van der Waals surface area contributed by atoms with Crippen LogP contribution in [0, 0.1) is 13.8 Å².